The maximum absolute atomic E-state index is 13.2. The number of hydrogen-bond donors (Lipinski definition) is 0. The van der Waals surface area contributed by atoms with Gasteiger partial charge in [-0.2, -0.15) is 5.10 Å². The monoisotopic (exact) mass is 312 g/mol. The van der Waals surface area contributed by atoms with Gasteiger partial charge in [0.05, 0.1) is 24.5 Å². The molecule has 0 fully saturated rings. The number of rotatable bonds is 3. The minimum absolute atomic E-state index is 0.161. The van der Waals surface area contributed by atoms with E-state index in [1.54, 1.807) is 0 Å². The van der Waals surface area contributed by atoms with Gasteiger partial charge in [-0.15, -0.1) is 0 Å². The summed E-state index contributed by atoms with van der Waals surface area (Å²) in [5, 5.41) is 4.47. The average molecular weight is 312 g/mol. The van der Waals surface area contributed by atoms with E-state index in [0.29, 0.717) is 13.1 Å². The standard InChI is InChI=1S/C18H24N4O/c1-13-7-5-6-8-16(13)17(20(3)4)18(23)21-9-10-22-15(12-21)11-14(2)19-22/h5-8,11,17H,9-10,12H2,1-4H3. The molecule has 0 aliphatic carbocycles. The Morgan fingerprint density at radius 2 is 1.96 bits per heavy atom. The average Bonchev–Trinajstić information content (AvgIpc) is 2.88. The van der Waals surface area contributed by atoms with Crippen LogP contribution in [0.5, 0.6) is 0 Å². The van der Waals surface area contributed by atoms with Crippen LogP contribution in [0.3, 0.4) is 0 Å². The Balaban J connectivity index is 1.87. The minimum Gasteiger partial charge on any atom is -0.333 e. The van der Waals surface area contributed by atoms with Crippen molar-refractivity contribution in [2.24, 2.45) is 0 Å². The van der Waals surface area contributed by atoms with Crippen molar-refractivity contribution in [3.05, 3.63) is 52.8 Å². The number of aromatic nitrogens is 2. The lowest BCUT2D eigenvalue weighted by Gasteiger charge is -2.34. The highest BCUT2D eigenvalue weighted by Gasteiger charge is 2.31. The number of aryl methyl sites for hydroxylation is 2. The second-order valence-electron chi connectivity index (χ2n) is 6.48. The van der Waals surface area contributed by atoms with Crippen molar-refractivity contribution in [2.45, 2.75) is 33.0 Å². The molecule has 1 aliphatic heterocycles. The van der Waals surface area contributed by atoms with Gasteiger partial charge in [-0.1, -0.05) is 24.3 Å². The van der Waals surface area contributed by atoms with E-state index >= 15 is 0 Å². The number of amides is 1. The summed E-state index contributed by atoms with van der Waals surface area (Å²) in [6.07, 6.45) is 0. The molecule has 23 heavy (non-hydrogen) atoms. The van der Waals surface area contributed by atoms with Gasteiger partial charge < -0.3 is 4.90 Å². The van der Waals surface area contributed by atoms with Crippen LogP contribution in [0.2, 0.25) is 0 Å². The first kappa shape index (κ1) is 15.7. The lowest BCUT2D eigenvalue weighted by Crippen LogP contribution is -2.44. The largest absolute Gasteiger partial charge is 0.333 e. The summed E-state index contributed by atoms with van der Waals surface area (Å²) in [6.45, 7) is 6.17. The molecular weight excluding hydrogens is 288 g/mol. The summed E-state index contributed by atoms with van der Waals surface area (Å²) in [4.78, 5) is 17.1. The molecule has 0 radical (unpaired) electrons. The molecule has 1 unspecified atom stereocenters. The number of fused-ring (bicyclic) bond motifs is 1. The fraction of sp³-hybridized carbons (Fsp3) is 0.444. The summed E-state index contributed by atoms with van der Waals surface area (Å²) in [5.41, 5.74) is 4.36. The van der Waals surface area contributed by atoms with Crippen molar-refractivity contribution in [1.82, 2.24) is 19.6 Å². The summed E-state index contributed by atoms with van der Waals surface area (Å²) in [6, 6.07) is 9.95. The number of nitrogens with zero attached hydrogens (tertiary/aromatic N) is 4. The molecular formula is C18H24N4O. The third-order valence-corrected chi connectivity index (χ3v) is 4.47. The van der Waals surface area contributed by atoms with Crippen molar-refractivity contribution in [3.8, 4) is 0 Å². The molecule has 1 aromatic heterocycles. The third kappa shape index (κ3) is 3.01. The normalized spacial score (nSPS) is 15.6. The summed E-state index contributed by atoms with van der Waals surface area (Å²) in [7, 11) is 3.93. The quantitative estimate of drug-likeness (QED) is 0.872. The smallest absolute Gasteiger partial charge is 0.244 e. The van der Waals surface area contributed by atoms with Crippen LogP contribution in [0.4, 0.5) is 0 Å². The first-order valence-corrected chi connectivity index (χ1v) is 8.01. The van der Waals surface area contributed by atoms with E-state index < -0.39 is 0 Å². The number of carbonyl (C=O) groups is 1. The highest BCUT2D eigenvalue weighted by atomic mass is 16.2. The van der Waals surface area contributed by atoms with Crippen LogP contribution in [0.1, 0.15) is 28.6 Å². The zero-order valence-electron chi connectivity index (χ0n) is 14.3. The molecule has 0 saturated heterocycles. The molecule has 0 N–H and O–H groups in total. The summed E-state index contributed by atoms with van der Waals surface area (Å²) >= 11 is 0. The molecule has 5 nitrogen and oxygen atoms in total. The summed E-state index contributed by atoms with van der Waals surface area (Å²) < 4.78 is 2.01. The molecule has 122 valence electrons. The molecule has 0 spiro atoms. The molecule has 1 amide bonds. The lowest BCUT2D eigenvalue weighted by atomic mass is 9.99. The van der Waals surface area contributed by atoms with Crippen molar-refractivity contribution in [3.63, 3.8) is 0 Å². The van der Waals surface area contributed by atoms with Crippen LogP contribution < -0.4 is 0 Å². The van der Waals surface area contributed by atoms with Crippen molar-refractivity contribution in [1.29, 1.82) is 0 Å². The van der Waals surface area contributed by atoms with Crippen LogP contribution in [0.15, 0.2) is 30.3 Å². The van der Waals surface area contributed by atoms with Crippen LogP contribution in [0.25, 0.3) is 0 Å². The van der Waals surface area contributed by atoms with E-state index in [4.69, 9.17) is 0 Å². The molecule has 1 atom stereocenters. The van der Waals surface area contributed by atoms with Gasteiger partial charge in [-0.05, 0) is 45.1 Å². The van der Waals surface area contributed by atoms with E-state index in [0.717, 1.165) is 29.1 Å². The molecule has 5 heteroatoms. The van der Waals surface area contributed by atoms with Crippen molar-refractivity contribution >= 4 is 5.91 Å². The van der Waals surface area contributed by atoms with Gasteiger partial charge in [0, 0.05) is 6.54 Å². The fourth-order valence-corrected chi connectivity index (χ4v) is 3.30. The highest BCUT2D eigenvalue weighted by molar-refractivity contribution is 5.83. The third-order valence-electron chi connectivity index (χ3n) is 4.47. The predicted octanol–water partition coefficient (Wildman–Crippen LogP) is 2.15. The van der Waals surface area contributed by atoms with Gasteiger partial charge in [-0.25, -0.2) is 0 Å². The van der Waals surface area contributed by atoms with E-state index in [-0.39, 0.29) is 11.9 Å². The molecule has 2 aromatic rings. The Morgan fingerprint density at radius 1 is 1.22 bits per heavy atom. The van der Waals surface area contributed by atoms with Gasteiger partial charge in [0.25, 0.3) is 0 Å². The molecule has 1 aliphatic rings. The van der Waals surface area contributed by atoms with Gasteiger partial charge in [0.2, 0.25) is 5.91 Å². The van der Waals surface area contributed by atoms with Crippen LogP contribution in [0, 0.1) is 13.8 Å². The molecule has 2 heterocycles. The Bertz CT molecular complexity index is 720. The predicted molar refractivity (Wildman–Crippen MR) is 90.0 cm³/mol. The van der Waals surface area contributed by atoms with Crippen molar-refractivity contribution < 1.29 is 4.79 Å². The number of hydrogen-bond acceptors (Lipinski definition) is 3. The number of likely N-dealkylation sites (N-methyl/N-ethyl adjacent to an activating group) is 1. The SMILES string of the molecule is Cc1cc2n(n1)CCN(C(=O)C(c1ccccc1C)N(C)C)C2. The highest BCUT2D eigenvalue weighted by Crippen LogP contribution is 2.26. The van der Waals surface area contributed by atoms with Crippen molar-refractivity contribution in [2.75, 3.05) is 20.6 Å². The first-order valence-electron chi connectivity index (χ1n) is 8.01. The minimum atomic E-state index is -0.244. The Morgan fingerprint density at radius 3 is 2.65 bits per heavy atom. The lowest BCUT2D eigenvalue weighted by molar-refractivity contribution is -0.138. The van der Waals surface area contributed by atoms with Crippen LogP contribution in [-0.2, 0) is 17.9 Å². The Labute approximate surface area is 137 Å². The maximum Gasteiger partial charge on any atom is 0.244 e. The summed E-state index contributed by atoms with van der Waals surface area (Å²) in [5.74, 6) is 0.161. The van der Waals surface area contributed by atoms with Crippen LogP contribution in [-0.4, -0.2) is 46.1 Å². The maximum atomic E-state index is 13.2. The first-order chi connectivity index (χ1) is 11.0. The molecule has 1 aromatic carbocycles. The Hall–Kier alpha value is -2.14. The topological polar surface area (TPSA) is 41.4 Å². The molecule has 0 bridgehead atoms. The number of benzene rings is 1. The zero-order valence-corrected chi connectivity index (χ0v) is 14.3. The van der Waals surface area contributed by atoms with Crippen LogP contribution >= 0.6 is 0 Å². The number of carbonyl (C=O) groups excluding carboxylic acids is 1. The van der Waals surface area contributed by atoms with E-state index in [9.17, 15) is 4.79 Å². The van der Waals surface area contributed by atoms with Gasteiger partial charge in [0.15, 0.2) is 0 Å². The Kier molecular flexibility index (Phi) is 4.22. The second kappa shape index (κ2) is 6.16. The van der Waals surface area contributed by atoms with E-state index in [1.165, 1.54) is 0 Å². The molecule has 0 saturated carbocycles. The second-order valence-corrected chi connectivity index (χ2v) is 6.48. The molecule has 3 rings (SSSR count). The zero-order chi connectivity index (χ0) is 16.6. The van der Waals surface area contributed by atoms with Gasteiger partial charge in [-0.3, -0.25) is 14.4 Å². The van der Waals surface area contributed by atoms with E-state index in [1.807, 2.05) is 47.6 Å². The van der Waals surface area contributed by atoms with E-state index in [2.05, 4.69) is 30.2 Å². The van der Waals surface area contributed by atoms with Gasteiger partial charge in [0.1, 0.15) is 6.04 Å². The van der Waals surface area contributed by atoms with Gasteiger partial charge >= 0.3 is 0 Å². The fourth-order valence-electron chi connectivity index (χ4n) is 3.30.